The molecule has 1 aromatic carbocycles. The zero-order valence-electron chi connectivity index (χ0n) is 27.7. The summed E-state index contributed by atoms with van der Waals surface area (Å²) in [4.78, 5) is 43.8. The number of rotatable bonds is 19. The van der Waals surface area contributed by atoms with Gasteiger partial charge in [-0.2, -0.15) is 0 Å². The third-order valence-corrected chi connectivity index (χ3v) is 8.87. The third-order valence-electron chi connectivity index (χ3n) is 8.87. The van der Waals surface area contributed by atoms with E-state index in [0.717, 1.165) is 37.7 Å². The molecule has 5 atom stereocenters. The van der Waals surface area contributed by atoms with Gasteiger partial charge in [-0.3, -0.25) is 19.3 Å². The predicted octanol–water partition coefficient (Wildman–Crippen LogP) is 2.51. The molecule has 256 valence electrons. The van der Waals surface area contributed by atoms with Gasteiger partial charge in [0.25, 0.3) is 0 Å². The van der Waals surface area contributed by atoms with E-state index in [4.69, 9.17) is 19.3 Å². The summed E-state index contributed by atoms with van der Waals surface area (Å²) in [5.41, 5.74) is 0.809. The molecule has 0 bridgehead atoms. The van der Waals surface area contributed by atoms with Gasteiger partial charge < -0.3 is 25.7 Å². The SMILES string of the molecule is C#CCCC(O)C(O)C(CC1CCCCC1)NC(=O)C(NC(=O)C(CC(=O)N(C)CCN(C)CF)Cc1ccccc1)C(C#C)C#C. The number of hydrogen-bond acceptors (Lipinski definition) is 6. The van der Waals surface area contributed by atoms with Crippen LogP contribution < -0.4 is 10.6 Å². The van der Waals surface area contributed by atoms with Crippen LogP contribution in [-0.4, -0.2) is 96.0 Å². The first kappa shape index (κ1) is 39.3. The van der Waals surface area contributed by atoms with E-state index in [1.165, 1.54) is 9.80 Å². The molecule has 0 spiro atoms. The summed E-state index contributed by atoms with van der Waals surface area (Å²) in [5.74, 6) is 3.85. The van der Waals surface area contributed by atoms with E-state index in [2.05, 4.69) is 28.4 Å². The number of nitrogens with zero attached hydrogens (tertiary/aromatic N) is 2. The van der Waals surface area contributed by atoms with E-state index in [1.807, 2.05) is 30.3 Å². The number of carbonyl (C=O) groups is 3. The van der Waals surface area contributed by atoms with E-state index in [-0.39, 0.29) is 44.1 Å². The van der Waals surface area contributed by atoms with Crippen LogP contribution in [0, 0.1) is 54.8 Å². The maximum atomic E-state index is 13.9. The summed E-state index contributed by atoms with van der Waals surface area (Å²) in [6.07, 6.45) is 20.2. The van der Waals surface area contributed by atoms with E-state index in [0.29, 0.717) is 13.0 Å². The van der Waals surface area contributed by atoms with Crippen molar-refractivity contribution in [3.8, 4) is 37.0 Å². The lowest BCUT2D eigenvalue weighted by Gasteiger charge is -2.33. The monoisotopic (exact) mass is 650 g/mol. The Kier molecular flexibility index (Phi) is 17.6. The Labute approximate surface area is 280 Å². The number of alkyl halides is 1. The minimum absolute atomic E-state index is 0.153. The summed E-state index contributed by atoms with van der Waals surface area (Å²) < 4.78 is 12.9. The van der Waals surface area contributed by atoms with Crippen LogP contribution in [0.15, 0.2) is 30.3 Å². The summed E-state index contributed by atoms with van der Waals surface area (Å²) in [5, 5.41) is 27.4. The summed E-state index contributed by atoms with van der Waals surface area (Å²) in [7, 11) is 3.18. The van der Waals surface area contributed by atoms with Crippen molar-refractivity contribution in [3.63, 3.8) is 0 Å². The summed E-state index contributed by atoms with van der Waals surface area (Å²) in [6, 6.07) is 6.95. The largest absolute Gasteiger partial charge is 0.390 e. The molecule has 0 aliphatic heterocycles. The lowest BCUT2D eigenvalue weighted by atomic mass is 9.82. The summed E-state index contributed by atoms with van der Waals surface area (Å²) in [6.45, 7) is -0.0789. The van der Waals surface area contributed by atoms with Crippen molar-refractivity contribution in [3.05, 3.63) is 35.9 Å². The van der Waals surface area contributed by atoms with Crippen molar-refractivity contribution in [2.75, 3.05) is 34.0 Å². The molecule has 0 aromatic heterocycles. The van der Waals surface area contributed by atoms with Gasteiger partial charge in [-0.1, -0.05) is 74.3 Å². The molecule has 47 heavy (non-hydrogen) atoms. The van der Waals surface area contributed by atoms with Crippen molar-refractivity contribution in [1.82, 2.24) is 20.4 Å². The molecule has 10 heteroatoms. The fraction of sp³-hybridized carbons (Fsp3) is 0.595. The Morgan fingerprint density at radius 3 is 2.23 bits per heavy atom. The second-order valence-corrected chi connectivity index (χ2v) is 12.6. The van der Waals surface area contributed by atoms with Gasteiger partial charge in [-0.15, -0.1) is 25.2 Å². The number of aliphatic hydroxyl groups is 2. The number of nitrogens with one attached hydrogen (secondary N) is 2. The molecule has 1 aliphatic rings. The van der Waals surface area contributed by atoms with E-state index < -0.39 is 54.7 Å². The lowest BCUT2D eigenvalue weighted by Crippen LogP contribution is -2.57. The van der Waals surface area contributed by atoms with Crippen LogP contribution in [-0.2, 0) is 20.8 Å². The van der Waals surface area contributed by atoms with Gasteiger partial charge in [0.15, 0.2) is 0 Å². The normalized spacial score (nSPS) is 16.5. The number of hydrogen-bond donors (Lipinski definition) is 4. The topological polar surface area (TPSA) is 122 Å². The van der Waals surface area contributed by atoms with Crippen LogP contribution >= 0.6 is 0 Å². The minimum atomic E-state index is -1.37. The third kappa shape index (κ3) is 13.4. The van der Waals surface area contributed by atoms with Crippen molar-refractivity contribution < 1.29 is 29.0 Å². The standard InChI is InChI=1S/C37H51FN4O5/c1-6-9-20-32(43)35(45)31(24-28-18-14-11-15-19-28)39-37(47)34(29(7-2)8-3)40-36(46)30(23-27-16-12-10-13-17-27)25-33(44)42(5)22-21-41(4)26-38/h1-3,10,12-13,16-17,28-32,34-35,43,45H,9,11,14-15,18-26H2,4-5H3,(H,39,47)(H,40,46). The van der Waals surface area contributed by atoms with Crippen LogP contribution in [0.4, 0.5) is 4.39 Å². The molecule has 4 N–H and O–H groups in total. The Bertz CT molecular complexity index is 1240. The molecular weight excluding hydrogens is 599 g/mol. The Morgan fingerprint density at radius 1 is 0.979 bits per heavy atom. The average Bonchev–Trinajstić information content (AvgIpc) is 3.09. The molecule has 1 saturated carbocycles. The van der Waals surface area contributed by atoms with Crippen LogP contribution in [0.5, 0.6) is 0 Å². The lowest BCUT2D eigenvalue weighted by molar-refractivity contribution is -0.137. The summed E-state index contributed by atoms with van der Waals surface area (Å²) >= 11 is 0. The van der Waals surface area contributed by atoms with Gasteiger partial charge in [0.05, 0.1) is 18.1 Å². The molecule has 5 unspecified atom stereocenters. The molecule has 1 aliphatic carbocycles. The molecule has 0 saturated heterocycles. The van der Waals surface area contributed by atoms with Crippen LogP contribution in [0.1, 0.15) is 63.4 Å². The van der Waals surface area contributed by atoms with Crippen LogP contribution in [0.2, 0.25) is 0 Å². The maximum absolute atomic E-state index is 13.9. The number of likely N-dealkylation sites (N-methyl/N-ethyl adjacent to an activating group) is 2. The first-order chi connectivity index (χ1) is 22.5. The van der Waals surface area contributed by atoms with Gasteiger partial charge in [0.1, 0.15) is 24.9 Å². The van der Waals surface area contributed by atoms with Crippen LogP contribution in [0.25, 0.3) is 0 Å². The van der Waals surface area contributed by atoms with E-state index in [1.54, 1.807) is 14.1 Å². The van der Waals surface area contributed by atoms with Crippen molar-refractivity contribution in [2.24, 2.45) is 17.8 Å². The number of halogens is 1. The van der Waals surface area contributed by atoms with E-state index in [9.17, 15) is 29.0 Å². The molecule has 0 heterocycles. The molecule has 2 rings (SSSR count). The van der Waals surface area contributed by atoms with Crippen molar-refractivity contribution in [2.45, 2.75) is 88.5 Å². The zero-order chi connectivity index (χ0) is 34.8. The highest BCUT2D eigenvalue weighted by Gasteiger charge is 2.36. The van der Waals surface area contributed by atoms with Gasteiger partial charge in [-0.25, -0.2) is 4.39 Å². The molecular formula is C37H51FN4O5. The second-order valence-electron chi connectivity index (χ2n) is 12.6. The highest BCUT2D eigenvalue weighted by molar-refractivity contribution is 5.91. The smallest absolute Gasteiger partial charge is 0.245 e. The molecule has 1 fully saturated rings. The van der Waals surface area contributed by atoms with Crippen molar-refractivity contribution >= 4 is 17.7 Å². The number of aliphatic hydroxyl groups excluding tert-OH is 2. The Balaban J connectivity index is 2.31. The van der Waals surface area contributed by atoms with E-state index >= 15 is 0 Å². The highest BCUT2D eigenvalue weighted by atomic mass is 19.1. The fourth-order valence-electron chi connectivity index (χ4n) is 5.85. The fourth-order valence-corrected chi connectivity index (χ4v) is 5.85. The predicted molar refractivity (Wildman–Crippen MR) is 181 cm³/mol. The highest BCUT2D eigenvalue weighted by Crippen LogP contribution is 2.29. The van der Waals surface area contributed by atoms with Gasteiger partial charge in [-0.05, 0) is 37.8 Å². The first-order valence-corrected chi connectivity index (χ1v) is 16.4. The Hall–Kier alpha value is -3.88. The minimum Gasteiger partial charge on any atom is -0.390 e. The molecule has 1 aromatic rings. The average molecular weight is 651 g/mol. The van der Waals surface area contributed by atoms with Crippen molar-refractivity contribution in [1.29, 1.82) is 0 Å². The molecule has 9 nitrogen and oxygen atoms in total. The zero-order valence-corrected chi connectivity index (χ0v) is 27.7. The van der Waals surface area contributed by atoms with Gasteiger partial charge in [0, 0.05) is 33.0 Å². The van der Waals surface area contributed by atoms with Crippen LogP contribution in [0.3, 0.4) is 0 Å². The number of carbonyl (C=O) groups excluding carboxylic acids is 3. The quantitative estimate of drug-likeness (QED) is 0.135. The first-order valence-electron chi connectivity index (χ1n) is 16.4. The van der Waals surface area contributed by atoms with Gasteiger partial charge >= 0.3 is 0 Å². The number of terminal acetylenes is 3. The molecule has 0 radical (unpaired) electrons. The number of benzene rings is 1. The molecule has 3 amide bonds. The Morgan fingerprint density at radius 2 is 1.64 bits per heavy atom. The van der Waals surface area contributed by atoms with Gasteiger partial charge in [0.2, 0.25) is 17.7 Å². The maximum Gasteiger partial charge on any atom is 0.245 e. The number of amides is 3. The second kappa shape index (κ2) is 21.1.